The van der Waals surface area contributed by atoms with Crippen molar-refractivity contribution in [2.75, 3.05) is 20.3 Å². The Labute approximate surface area is 49.8 Å². The van der Waals surface area contributed by atoms with Crippen molar-refractivity contribution in [2.24, 2.45) is 5.92 Å². The van der Waals surface area contributed by atoms with Crippen molar-refractivity contribution in [1.82, 2.24) is 0 Å². The molecule has 1 fully saturated rings. The molecule has 0 aliphatic carbocycles. The van der Waals surface area contributed by atoms with Crippen LogP contribution in [0.4, 0.5) is 0 Å². The van der Waals surface area contributed by atoms with Gasteiger partial charge in [-0.3, -0.25) is 0 Å². The molecular weight excluding hydrogens is 104 g/mol. The number of ether oxygens (including phenoxy) is 2. The summed E-state index contributed by atoms with van der Waals surface area (Å²) in [6, 6.07) is 0. The van der Waals surface area contributed by atoms with E-state index in [1.54, 1.807) is 7.11 Å². The quantitative estimate of drug-likeness (QED) is 0.501. The van der Waals surface area contributed by atoms with Crippen LogP contribution in [0.5, 0.6) is 0 Å². The third kappa shape index (κ3) is 1.01. The molecule has 0 N–H and O–H groups in total. The second-order valence-electron chi connectivity index (χ2n) is 2.29. The van der Waals surface area contributed by atoms with E-state index >= 15 is 0 Å². The van der Waals surface area contributed by atoms with E-state index in [1.165, 1.54) is 0 Å². The predicted octanol–water partition coefficient (Wildman–Crippen LogP) is 0.668. The van der Waals surface area contributed by atoms with Crippen molar-refractivity contribution < 1.29 is 9.47 Å². The van der Waals surface area contributed by atoms with Crippen molar-refractivity contribution >= 4 is 0 Å². The minimum absolute atomic E-state index is 0.343. The minimum atomic E-state index is 0.343. The number of hydrogen-bond acceptors (Lipinski definition) is 2. The molecule has 0 spiro atoms. The molecule has 1 saturated heterocycles. The lowest BCUT2D eigenvalue weighted by molar-refractivity contribution is 0.0697. The van der Waals surface area contributed by atoms with Crippen LogP contribution in [0.3, 0.4) is 0 Å². The number of hydrogen-bond donors (Lipinski definition) is 0. The second kappa shape index (κ2) is 2.46. The lowest BCUT2D eigenvalue weighted by atomic mass is 10.1. The van der Waals surface area contributed by atoms with Gasteiger partial charge in [-0.1, -0.05) is 6.92 Å². The minimum Gasteiger partial charge on any atom is -0.379 e. The molecule has 0 bridgehead atoms. The van der Waals surface area contributed by atoms with Crippen LogP contribution in [-0.4, -0.2) is 26.4 Å². The molecule has 1 rings (SSSR count). The summed E-state index contributed by atoms with van der Waals surface area (Å²) in [5, 5.41) is 0. The second-order valence-corrected chi connectivity index (χ2v) is 2.29. The molecule has 0 saturated carbocycles. The van der Waals surface area contributed by atoms with Crippen molar-refractivity contribution in [3.63, 3.8) is 0 Å². The van der Waals surface area contributed by atoms with E-state index in [-0.39, 0.29) is 0 Å². The highest BCUT2D eigenvalue weighted by Gasteiger charge is 2.22. The summed E-state index contributed by atoms with van der Waals surface area (Å²) in [5.41, 5.74) is 0. The summed E-state index contributed by atoms with van der Waals surface area (Å²) in [6.45, 7) is 3.78. The van der Waals surface area contributed by atoms with Gasteiger partial charge in [-0.2, -0.15) is 0 Å². The van der Waals surface area contributed by atoms with Crippen LogP contribution in [0.1, 0.15) is 6.92 Å². The third-order valence-corrected chi connectivity index (χ3v) is 1.60. The fourth-order valence-corrected chi connectivity index (χ4v) is 0.942. The zero-order valence-electron chi connectivity index (χ0n) is 5.39. The molecule has 1 aliphatic heterocycles. The highest BCUT2D eigenvalue weighted by Crippen LogP contribution is 2.14. The average molecular weight is 116 g/mol. The van der Waals surface area contributed by atoms with Crippen molar-refractivity contribution in [1.29, 1.82) is 0 Å². The Bertz CT molecular complexity index is 72.9. The molecule has 48 valence electrons. The van der Waals surface area contributed by atoms with Crippen LogP contribution in [0.2, 0.25) is 0 Å². The summed E-state index contributed by atoms with van der Waals surface area (Å²) in [6.07, 6.45) is 0.343. The Hall–Kier alpha value is -0.0800. The molecule has 1 heterocycles. The zero-order chi connectivity index (χ0) is 5.98. The largest absolute Gasteiger partial charge is 0.379 e. The Kier molecular flexibility index (Phi) is 1.86. The molecule has 0 aromatic heterocycles. The van der Waals surface area contributed by atoms with Crippen LogP contribution >= 0.6 is 0 Å². The van der Waals surface area contributed by atoms with Gasteiger partial charge in [0.15, 0.2) is 0 Å². The summed E-state index contributed by atoms with van der Waals surface area (Å²) in [7, 11) is 1.73. The molecule has 1 aliphatic rings. The maximum atomic E-state index is 5.14. The van der Waals surface area contributed by atoms with E-state index in [9.17, 15) is 0 Å². The first-order valence-electron chi connectivity index (χ1n) is 2.95. The highest BCUT2D eigenvalue weighted by atomic mass is 16.5. The van der Waals surface area contributed by atoms with Gasteiger partial charge in [0.1, 0.15) is 0 Å². The van der Waals surface area contributed by atoms with E-state index in [1.807, 2.05) is 0 Å². The first-order chi connectivity index (χ1) is 3.84. The lowest BCUT2D eigenvalue weighted by Crippen LogP contribution is -2.17. The standard InChI is InChI=1S/C6H12O2/c1-5-3-8-4-6(5)7-2/h5-6H,3-4H2,1-2H3/t5-,6+/m0/s1. The van der Waals surface area contributed by atoms with E-state index in [0.29, 0.717) is 12.0 Å². The molecule has 2 heteroatoms. The van der Waals surface area contributed by atoms with E-state index in [2.05, 4.69) is 6.92 Å². The molecule has 2 nitrogen and oxygen atoms in total. The summed E-state index contributed by atoms with van der Waals surface area (Å²) < 4.78 is 10.2. The Balaban J connectivity index is 2.30. The van der Waals surface area contributed by atoms with Crippen LogP contribution in [-0.2, 0) is 9.47 Å². The highest BCUT2D eigenvalue weighted by molar-refractivity contribution is 4.70. The van der Waals surface area contributed by atoms with Crippen LogP contribution in [0, 0.1) is 5.92 Å². The molecule has 8 heavy (non-hydrogen) atoms. The molecule has 0 aromatic rings. The maximum Gasteiger partial charge on any atom is 0.0852 e. The molecule has 0 radical (unpaired) electrons. The SMILES string of the molecule is CO[C@@H]1COC[C@@H]1C. The van der Waals surface area contributed by atoms with Crippen molar-refractivity contribution in [2.45, 2.75) is 13.0 Å². The van der Waals surface area contributed by atoms with Crippen LogP contribution in [0.15, 0.2) is 0 Å². The summed E-state index contributed by atoms with van der Waals surface area (Å²) >= 11 is 0. The van der Waals surface area contributed by atoms with E-state index in [0.717, 1.165) is 13.2 Å². The fourth-order valence-electron chi connectivity index (χ4n) is 0.942. The molecule has 0 amide bonds. The van der Waals surface area contributed by atoms with E-state index < -0.39 is 0 Å². The lowest BCUT2D eigenvalue weighted by Gasteiger charge is -2.08. The molecule has 0 unspecified atom stereocenters. The van der Waals surface area contributed by atoms with Gasteiger partial charge in [-0.15, -0.1) is 0 Å². The van der Waals surface area contributed by atoms with Crippen molar-refractivity contribution in [3.8, 4) is 0 Å². The maximum absolute atomic E-state index is 5.14. The Morgan fingerprint density at radius 1 is 1.50 bits per heavy atom. The van der Waals surface area contributed by atoms with Gasteiger partial charge in [-0.05, 0) is 0 Å². The zero-order valence-corrected chi connectivity index (χ0v) is 5.39. The molecular formula is C6H12O2. The summed E-state index contributed by atoms with van der Waals surface area (Å²) in [5.74, 6) is 0.583. The van der Waals surface area contributed by atoms with Gasteiger partial charge in [0.2, 0.25) is 0 Å². The molecule has 2 atom stereocenters. The van der Waals surface area contributed by atoms with Gasteiger partial charge >= 0.3 is 0 Å². The van der Waals surface area contributed by atoms with Crippen LogP contribution < -0.4 is 0 Å². The first kappa shape index (κ1) is 6.05. The smallest absolute Gasteiger partial charge is 0.0852 e. The van der Waals surface area contributed by atoms with Gasteiger partial charge < -0.3 is 9.47 Å². The predicted molar refractivity (Wildman–Crippen MR) is 30.8 cm³/mol. The average Bonchev–Trinajstić information content (AvgIpc) is 2.14. The van der Waals surface area contributed by atoms with Gasteiger partial charge in [0.05, 0.1) is 19.3 Å². The number of methoxy groups -OCH3 is 1. The van der Waals surface area contributed by atoms with Gasteiger partial charge in [-0.25, -0.2) is 0 Å². The van der Waals surface area contributed by atoms with E-state index in [4.69, 9.17) is 9.47 Å². The van der Waals surface area contributed by atoms with Gasteiger partial charge in [0.25, 0.3) is 0 Å². The normalized spacial score (nSPS) is 38.2. The topological polar surface area (TPSA) is 18.5 Å². The molecule has 0 aromatic carbocycles. The monoisotopic (exact) mass is 116 g/mol. The van der Waals surface area contributed by atoms with Crippen LogP contribution in [0.25, 0.3) is 0 Å². The Morgan fingerprint density at radius 3 is 2.50 bits per heavy atom. The summed E-state index contributed by atoms with van der Waals surface area (Å²) in [4.78, 5) is 0. The fraction of sp³-hybridized carbons (Fsp3) is 1.00. The van der Waals surface area contributed by atoms with Gasteiger partial charge in [0, 0.05) is 13.0 Å². The third-order valence-electron chi connectivity index (χ3n) is 1.60. The first-order valence-corrected chi connectivity index (χ1v) is 2.95. The number of rotatable bonds is 1. The van der Waals surface area contributed by atoms with Crippen molar-refractivity contribution in [3.05, 3.63) is 0 Å². The Morgan fingerprint density at radius 2 is 2.25 bits per heavy atom.